The summed E-state index contributed by atoms with van der Waals surface area (Å²) in [4.78, 5) is 8.52. The molecule has 118 valence electrons. The average molecular weight is 338 g/mol. The zero-order valence-corrected chi connectivity index (χ0v) is 13.1. The quantitative estimate of drug-likeness (QED) is 0.617. The zero-order chi connectivity index (χ0) is 17.3. The molecule has 2 aromatic carbocycles. The van der Waals surface area contributed by atoms with Crippen LogP contribution in [0.2, 0.25) is 5.02 Å². The summed E-state index contributed by atoms with van der Waals surface area (Å²) < 4.78 is 0. The molecule has 0 aliphatic rings. The standard InChI is InChI=1S/C17H12ClN5O/c18-10-3-6-14(24)12(7-10)17-22-15(13(8-19)16(21)23-17)9-1-4-11(20)5-2-9/h1-7,24H,20H2,(H2,21,22,23). The van der Waals surface area contributed by atoms with Crippen LogP contribution < -0.4 is 11.5 Å². The third kappa shape index (κ3) is 2.81. The van der Waals surface area contributed by atoms with Gasteiger partial charge in [0.25, 0.3) is 0 Å². The summed E-state index contributed by atoms with van der Waals surface area (Å²) in [6.45, 7) is 0. The molecule has 0 bridgehead atoms. The molecule has 3 rings (SSSR count). The number of phenols is 1. The predicted octanol–water partition coefficient (Wildman–Crippen LogP) is 3.21. The summed E-state index contributed by atoms with van der Waals surface area (Å²) in [6.07, 6.45) is 0. The maximum atomic E-state index is 10.0. The number of nitrogens with two attached hydrogens (primary N) is 2. The Hall–Kier alpha value is -3.30. The number of rotatable bonds is 2. The number of hydrogen-bond acceptors (Lipinski definition) is 6. The minimum atomic E-state index is -0.0354. The first-order valence-electron chi connectivity index (χ1n) is 6.92. The first-order chi connectivity index (χ1) is 11.5. The maximum absolute atomic E-state index is 10.0. The molecule has 0 spiro atoms. The van der Waals surface area contributed by atoms with Gasteiger partial charge in [-0.15, -0.1) is 0 Å². The molecule has 24 heavy (non-hydrogen) atoms. The molecule has 6 nitrogen and oxygen atoms in total. The molecule has 0 amide bonds. The highest BCUT2D eigenvalue weighted by Gasteiger charge is 2.17. The number of aromatic hydroxyl groups is 1. The summed E-state index contributed by atoms with van der Waals surface area (Å²) >= 11 is 5.98. The number of halogens is 1. The Balaban J connectivity index is 2.26. The van der Waals surface area contributed by atoms with Crippen molar-refractivity contribution in [2.75, 3.05) is 11.5 Å². The van der Waals surface area contributed by atoms with Gasteiger partial charge in [-0.1, -0.05) is 23.7 Å². The van der Waals surface area contributed by atoms with Crippen LogP contribution >= 0.6 is 11.6 Å². The number of phenolic OH excluding ortho intramolecular Hbond substituents is 1. The van der Waals surface area contributed by atoms with Crippen molar-refractivity contribution in [1.29, 1.82) is 5.26 Å². The van der Waals surface area contributed by atoms with Crippen molar-refractivity contribution >= 4 is 23.1 Å². The van der Waals surface area contributed by atoms with Crippen molar-refractivity contribution in [3.63, 3.8) is 0 Å². The van der Waals surface area contributed by atoms with Crippen LogP contribution in [0.4, 0.5) is 11.5 Å². The highest BCUT2D eigenvalue weighted by Crippen LogP contribution is 2.33. The number of anilines is 2. The van der Waals surface area contributed by atoms with Gasteiger partial charge in [-0.05, 0) is 30.3 Å². The largest absolute Gasteiger partial charge is 0.507 e. The lowest BCUT2D eigenvalue weighted by Crippen LogP contribution is -2.03. The van der Waals surface area contributed by atoms with Crippen LogP contribution in [0, 0.1) is 11.3 Å². The van der Waals surface area contributed by atoms with E-state index in [2.05, 4.69) is 9.97 Å². The minimum absolute atomic E-state index is 0.0219. The highest BCUT2D eigenvalue weighted by molar-refractivity contribution is 6.30. The van der Waals surface area contributed by atoms with Gasteiger partial charge in [-0.2, -0.15) is 5.26 Å². The lowest BCUT2D eigenvalue weighted by atomic mass is 10.1. The topological polar surface area (TPSA) is 122 Å². The van der Waals surface area contributed by atoms with Crippen LogP contribution in [0.3, 0.4) is 0 Å². The number of nitrogen functional groups attached to an aromatic ring is 2. The van der Waals surface area contributed by atoms with E-state index in [0.717, 1.165) is 0 Å². The molecule has 5 N–H and O–H groups in total. The van der Waals surface area contributed by atoms with Crippen molar-refractivity contribution in [3.8, 4) is 34.5 Å². The Morgan fingerprint density at radius 2 is 1.75 bits per heavy atom. The van der Waals surface area contributed by atoms with Crippen LogP contribution in [0.25, 0.3) is 22.6 Å². The Kier molecular flexibility index (Phi) is 3.94. The monoisotopic (exact) mass is 337 g/mol. The Labute approximate surface area is 143 Å². The number of aromatic nitrogens is 2. The number of nitriles is 1. The molecule has 0 radical (unpaired) electrons. The van der Waals surface area contributed by atoms with Gasteiger partial charge in [0.1, 0.15) is 23.2 Å². The third-order valence-corrected chi connectivity index (χ3v) is 3.67. The summed E-state index contributed by atoms with van der Waals surface area (Å²) in [6, 6.07) is 13.4. The van der Waals surface area contributed by atoms with Gasteiger partial charge < -0.3 is 16.6 Å². The molecule has 3 aromatic rings. The van der Waals surface area contributed by atoms with Gasteiger partial charge in [0.05, 0.1) is 11.3 Å². The van der Waals surface area contributed by atoms with Crippen LogP contribution in [0.5, 0.6) is 5.75 Å². The number of hydrogen-bond donors (Lipinski definition) is 3. The van der Waals surface area contributed by atoms with Gasteiger partial charge in [-0.25, -0.2) is 9.97 Å². The molecule has 0 saturated heterocycles. The van der Waals surface area contributed by atoms with Crippen LogP contribution in [-0.2, 0) is 0 Å². The van der Waals surface area contributed by atoms with Crippen LogP contribution in [0.15, 0.2) is 42.5 Å². The molecule has 0 aliphatic carbocycles. The lowest BCUT2D eigenvalue weighted by molar-refractivity contribution is 0.477. The van der Waals surface area contributed by atoms with Crippen molar-refractivity contribution in [2.45, 2.75) is 0 Å². The van der Waals surface area contributed by atoms with E-state index in [1.807, 2.05) is 6.07 Å². The van der Waals surface area contributed by atoms with E-state index in [0.29, 0.717) is 27.5 Å². The normalized spacial score (nSPS) is 10.3. The fraction of sp³-hybridized carbons (Fsp3) is 0. The molecule has 7 heteroatoms. The summed E-state index contributed by atoms with van der Waals surface area (Å²) in [5, 5.41) is 19.8. The average Bonchev–Trinajstić information content (AvgIpc) is 2.57. The van der Waals surface area contributed by atoms with Gasteiger partial charge >= 0.3 is 0 Å². The Morgan fingerprint density at radius 1 is 1.04 bits per heavy atom. The number of nitrogens with zero attached hydrogens (tertiary/aromatic N) is 3. The van der Waals surface area contributed by atoms with E-state index in [4.69, 9.17) is 23.1 Å². The van der Waals surface area contributed by atoms with Gasteiger partial charge in [0.2, 0.25) is 0 Å². The maximum Gasteiger partial charge on any atom is 0.166 e. The van der Waals surface area contributed by atoms with E-state index in [1.165, 1.54) is 12.1 Å². The number of benzene rings is 2. The van der Waals surface area contributed by atoms with Crippen LogP contribution in [-0.4, -0.2) is 15.1 Å². The van der Waals surface area contributed by atoms with Gasteiger partial charge in [0, 0.05) is 16.3 Å². The second kappa shape index (κ2) is 6.07. The van der Waals surface area contributed by atoms with E-state index < -0.39 is 0 Å². The Bertz CT molecular complexity index is 964. The fourth-order valence-corrected chi connectivity index (χ4v) is 2.42. The SMILES string of the molecule is N#Cc1c(N)nc(-c2cc(Cl)ccc2O)nc1-c1ccc(N)cc1. The van der Waals surface area contributed by atoms with E-state index in [1.54, 1.807) is 30.3 Å². The summed E-state index contributed by atoms with van der Waals surface area (Å²) in [5.74, 6) is 0.166. The van der Waals surface area contributed by atoms with Crippen LogP contribution in [0.1, 0.15) is 5.56 Å². The highest BCUT2D eigenvalue weighted by atomic mass is 35.5. The molecule has 0 atom stereocenters. The molecular formula is C17H12ClN5O. The molecule has 1 heterocycles. The molecule has 0 unspecified atom stereocenters. The predicted molar refractivity (Wildman–Crippen MR) is 93.1 cm³/mol. The fourth-order valence-electron chi connectivity index (χ4n) is 2.25. The van der Waals surface area contributed by atoms with Crippen molar-refractivity contribution in [1.82, 2.24) is 9.97 Å². The molecule has 1 aromatic heterocycles. The summed E-state index contributed by atoms with van der Waals surface area (Å²) in [7, 11) is 0. The van der Waals surface area contributed by atoms with E-state index >= 15 is 0 Å². The lowest BCUT2D eigenvalue weighted by Gasteiger charge is -2.10. The van der Waals surface area contributed by atoms with Crippen molar-refractivity contribution in [2.24, 2.45) is 0 Å². The Morgan fingerprint density at radius 3 is 2.42 bits per heavy atom. The van der Waals surface area contributed by atoms with E-state index in [9.17, 15) is 10.4 Å². The van der Waals surface area contributed by atoms with Crippen molar-refractivity contribution in [3.05, 3.63) is 53.1 Å². The second-order valence-electron chi connectivity index (χ2n) is 5.05. The first kappa shape index (κ1) is 15.6. The van der Waals surface area contributed by atoms with Gasteiger partial charge in [0.15, 0.2) is 5.82 Å². The smallest absolute Gasteiger partial charge is 0.166 e. The molecule has 0 saturated carbocycles. The van der Waals surface area contributed by atoms with E-state index in [-0.39, 0.29) is 23.0 Å². The second-order valence-corrected chi connectivity index (χ2v) is 5.49. The third-order valence-electron chi connectivity index (χ3n) is 3.43. The minimum Gasteiger partial charge on any atom is -0.507 e. The molecular weight excluding hydrogens is 326 g/mol. The molecule has 0 aliphatic heterocycles. The zero-order valence-electron chi connectivity index (χ0n) is 12.4. The van der Waals surface area contributed by atoms with Gasteiger partial charge in [-0.3, -0.25) is 0 Å². The van der Waals surface area contributed by atoms with Crippen molar-refractivity contribution < 1.29 is 5.11 Å². The molecule has 0 fully saturated rings. The first-order valence-corrected chi connectivity index (χ1v) is 7.30. The summed E-state index contributed by atoms with van der Waals surface area (Å²) in [5.41, 5.74) is 13.7.